The fraction of sp³-hybridized carbons (Fsp3) is 0.579. The molecular weight excluding hydrogens is 336 g/mol. The zero-order chi connectivity index (χ0) is 18.7. The predicted molar refractivity (Wildman–Crippen MR) is 94.8 cm³/mol. The second kappa shape index (κ2) is 7.85. The molecule has 26 heavy (non-hydrogen) atoms. The average molecular weight is 360 g/mol. The van der Waals surface area contributed by atoms with Crippen molar-refractivity contribution in [3.8, 4) is 0 Å². The largest absolute Gasteiger partial charge is 0.452 e. The molecule has 7 heteroatoms. The van der Waals surface area contributed by atoms with Crippen LogP contribution in [0.2, 0.25) is 0 Å². The van der Waals surface area contributed by atoms with Crippen LogP contribution in [0.25, 0.3) is 0 Å². The van der Waals surface area contributed by atoms with Gasteiger partial charge in [0, 0.05) is 24.2 Å². The molecule has 0 spiro atoms. The molecule has 2 atom stereocenters. The Morgan fingerprint density at radius 2 is 1.96 bits per heavy atom. The van der Waals surface area contributed by atoms with Gasteiger partial charge in [0.25, 0.3) is 11.6 Å². The van der Waals surface area contributed by atoms with Gasteiger partial charge in [-0.25, -0.2) is 4.79 Å². The van der Waals surface area contributed by atoms with Gasteiger partial charge in [-0.3, -0.25) is 14.9 Å². The summed E-state index contributed by atoms with van der Waals surface area (Å²) in [5.74, 6) is -0.300. The minimum Gasteiger partial charge on any atom is -0.452 e. The number of likely N-dealkylation sites (tertiary alicyclic amines) is 1. The number of piperidine rings is 1. The van der Waals surface area contributed by atoms with Gasteiger partial charge in [-0.05, 0) is 44.6 Å². The third kappa shape index (κ3) is 3.71. The number of carbonyl (C=O) groups excluding carboxylic acids is 2. The highest BCUT2D eigenvalue weighted by Gasteiger charge is 2.35. The maximum absolute atomic E-state index is 12.6. The first-order chi connectivity index (χ1) is 12.5. The van der Waals surface area contributed by atoms with E-state index in [2.05, 4.69) is 0 Å². The number of rotatable bonds is 4. The fourth-order valence-corrected chi connectivity index (χ4v) is 4.26. The first-order valence-electron chi connectivity index (χ1n) is 9.19. The molecule has 2 aliphatic rings. The summed E-state index contributed by atoms with van der Waals surface area (Å²) in [6, 6.07) is 4.53. The minimum absolute atomic E-state index is 0.126. The Kier molecular flexibility index (Phi) is 5.54. The second-order valence-electron chi connectivity index (χ2n) is 7.12. The minimum atomic E-state index is -0.697. The quantitative estimate of drug-likeness (QED) is 0.467. The summed E-state index contributed by atoms with van der Waals surface area (Å²) in [6.45, 7) is 1.91. The number of nitro groups is 1. The summed E-state index contributed by atoms with van der Waals surface area (Å²) in [6.07, 6.45) is 6.71. The molecule has 1 aliphatic carbocycles. The van der Waals surface area contributed by atoms with E-state index in [4.69, 9.17) is 4.74 Å². The fourth-order valence-electron chi connectivity index (χ4n) is 4.26. The van der Waals surface area contributed by atoms with Crippen LogP contribution in [0.1, 0.15) is 54.4 Å². The lowest BCUT2D eigenvalue weighted by Gasteiger charge is -2.44. The summed E-state index contributed by atoms with van der Waals surface area (Å²) in [5, 5.41) is 11.0. The number of hydrogen-bond acceptors (Lipinski definition) is 5. The van der Waals surface area contributed by atoms with Crippen LogP contribution in [0.3, 0.4) is 0 Å². The van der Waals surface area contributed by atoms with Gasteiger partial charge in [-0.2, -0.15) is 0 Å². The van der Waals surface area contributed by atoms with E-state index in [9.17, 15) is 19.7 Å². The number of esters is 1. The zero-order valence-electron chi connectivity index (χ0n) is 15.0. The van der Waals surface area contributed by atoms with Crippen molar-refractivity contribution in [1.82, 2.24) is 4.90 Å². The number of benzene rings is 1. The van der Waals surface area contributed by atoms with Crippen LogP contribution in [0.4, 0.5) is 5.69 Å². The van der Waals surface area contributed by atoms with Crippen LogP contribution in [0.15, 0.2) is 18.2 Å². The van der Waals surface area contributed by atoms with E-state index >= 15 is 0 Å². The normalized spacial score (nSPS) is 22.4. The van der Waals surface area contributed by atoms with Crippen molar-refractivity contribution in [1.29, 1.82) is 0 Å². The molecule has 1 saturated carbocycles. The SMILES string of the molecule is Cc1c(C(=O)OCC(=O)N2CCCC3CCCCC32)cccc1[N+](=O)[O-]. The molecule has 0 bridgehead atoms. The molecule has 2 unspecified atom stereocenters. The smallest absolute Gasteiger partial charge is 0.339 e. The Labute approximate surface area is 152 Å². The number of amides is 1. The van der Waals surface area contributed by atoms with Crippen molar-refractivity contribution < 1.29 is 19.2 Å². The van der Waals surface area contributed by atoms with Crippen LogP contribution in [0, 0.1) is 23.0 Å². The third-order valence-electron chi connectivity index (χ3n) is 5.61. The van der Waals surface area contributed by atoms with Crippen molar-refractivity contribution >= 4 is 17.6 Å². The summed E-state index contributed by atoms with van der Waals surface area (Å²) in [7, 11) is 0. The van der Waals surface area contributed by atoms with E-state index in [-0.39, 0.29) is 35.4 Å². The molecule has 3 rings (SSSR count). The topological polar surface area (TPSA) is 89.8 Å². The lowest BCUT2D eigenvalue weighted by atomic mass is 9.78. The molecule has 0 N–H and O–H groups in total. The maximum atomic E-state index is 12.6. The molecule has 1 amide bonds. The number of carbonyl (C=O) groups is 2. The second-order valence-corrected chi connectivity index (χ2v) is 7.12. The van der Waals surface area contributed by atoms with Gasteiger partial charge in [0.05, 0.1) is 10.5 Å². The maximum Gasteiger partial charge on any atom is 0.339 e. The van der Waals surface area contributed by atoms with Crippen molar-refractivity contribution in [2.75, 3.05) is 13.2 Å². The van der Waals surface area contributed by atoms with Crippen LogP contribution >= 0.6 is 0 Å². The standard InChI is InChI=1S/C19H24N2O5/c1-13-15(8-4-10-16(13)21(24)25)19(23)26-12-18(22)20-11-5-7-14-6-2-3-9-17(14)20/h4,8,10,14,17H,2-3,5-7,9,11-12H2,1H3. The van der Waals surface area contributed by atoms with E-state index in [0.29, 0.717) is 12.5 Å². The molecule has 140 valence electrons. The highest BCUT2D eigenvalue weighted by molar-refractivity contribution is 5.93. The van der Waals surface area contributed by atoms with Gasteiger partial charge < -0.3 is 9.64 Å². The Morgan fingerprint density at radius 1 is 1.23 bits per heavy atom. The first-order valence-corrected chi connectivity index (χ1v) is 9.19. The van der Waals surface area contributed by atoms with Gasteiger partial charge in [-0.1, -0.05) is 18.9 Å². The molecule has 1 aromatic rings. The summed E-state index contributed by atoms with van der Waals surface area (Å²) >= 11 is 0. The van der Waals surface area contributed by atoms with Gasteiger partial charge >= 0.3 is 5.97 Å². The van der Waals surface area contributed by atoms with Crippen molar-refractivity contribution in [3.05, 3.63) is 39.4 Å². The Bertz CT molecular complexity index is 716. The lowest BCUT2D eigenvalue weighted by Crippen LogP contribution is -2.50. The van der Waals surface area contributed by atoms with Gasteiger partial charge in [0.15, 0.2) is 6.61 Å². The van der Waals surface area contributed by atoms with E-state index in [1.165, 1.54) is 44.4 Å². The van der Waals surface area contributed by atoms with Crippen molar-refractivity contribution in [2.24, 2.45) is 5.92 Å². The highest BCUT2D eigenvalue weighted by atomic mass is 16.6. The number of hydrogen-bond donors (Lipinski definition) is 0. The van der Waals surface area contributed by atoms with Crippen LogP contribution in [-0.4, -0.2) is 40.9 Å². The third-order valence-corrected chi connectivity index (χ3v) is 5.61. The number of nitrogens with zero attached hydrogens (tertiary/aromatic N) is 2. The van der Waals surface area contributed by atoms with E-state index in [0.717, 1.165) is 19.3 Å². The van der Waals surface area contributed by atoms with Gasteiger partial charge in [0.2, 0.25) is 0 Å². The molecule has 7 nitrogen and oxygen atoms in total. The summed E-state index contributed by atoms with van der Waals surface area (Å²) in [4.78, 5) is 37.2. The zero-order valence-corrected chi connectivity index (χ0v) is 15.0. The molecule has 1 saturated heterocycles. The molecule has 2 fully saturated rings. The van der Waals surface area contributed by atoms with Gasteiger partial charge in [-0.15, -0.1) is 0 Å². The van der Waals surface area contributed by atoms with Gasteiger partial charge in [0.1, 0.15) is 0 Å². The lowest BCUT2D eigenvalue weighted by molar-refractivity contribution is -0.385. The van der Waals surface area contributed by atoms with Crippen LogP contribution in [-0.2, 0) is 9.53 Å². The Hall–Kier alpha value is -2.44. The molecule has 1 aliphatic heterocycles. The highest BCUT2D eigenvalue weighted by Crippen LogP contribution is 2.35. The number of ether oxygens (including phenoxy) is 1. The monoisotopic (exact) mass is 360 g/mol. The van der Waals surface area contributed by atoms with Crippen LogP contribution < -0.4 is 0 Å². The Balaban J connectivity index is 1.63. The molecule has 1 aromatic carbocycles. The molecule has 0 aromatic heterocycles. The van der Waals surface area contributed by atoms with Crippen LogP contribution in [0.5, 0.6) is 0 Å². The number of fused-ring (bicyclic) bond motifs is 1. The van der Waals surface area contributed by atoms with Crippen molar-refractivity contribution in [3.63, 3.8) is 0 Å². The number of nitro benzene ring substituents is 1. The summed E-state index contributed by atoms with van der Waals surface area (Å²) in [5.41, 5.74) is 0.244. The molecular formula is C19H24N2O5. The van der Waals surface area contributed by atoms with Crippen molar-refractivity contribution in [2.45, 2.75) is 51.5 Å². The Morgan fingerprint density at radius 3 is 2.73 bits per heavy atom. The van der Waals surface area contributed by atoms with E-state index in [1.807, 2.05) is 4.90 Å². The molecule has 0 radical (unpaired) electrons. The predicted octanol–water partition coefficient (Wildman–Crippen LogP) is 3.24. The van der Waals surface area contributed by atoms with E-state index in [1.54, 1.807) is 0 Å². The first kappa shape index (κ1) is 18.4. The molecule has 1 heterocycles. The van der Waals surface area contributed by atoms with E-state index < -0.39 is 10.9 Å². The average Bonchev–Trinajstić information content (AvgIpc) is 2.65. The summed E-state index contributed by atoms with van der Waals surface area (Å²) < 4.78 is 5.19.